The third-order valence-electron chi connectivity index (χ3n) is 2.15. The Morgan fingerprint density at radius 3 is 2.57 bits per heavy atom. The van der Waals surface area contributed by atoms with Gasteiger partial charge >= 0.3 is 0 Å². The van der Waals surface area contributed by atoms with Gasteiger partial charge in [0.25, 0.3) is 0 Å². The minimum absolute atomic E-state index is 0.0806. The maximum Gasteiger partial charge on any atom is 0.151 e. The molecule has 14 heavy (non-hydrogen) atoms. The number of methoxy groups -OCH3 is 1. The summed E-state index contributed by atoms with van der Waals surface area (Å²) in [4.78, 5) is 11.3. The van der Waals surface area contributed by atoms with Crippen LogP contribution in [0.2, 0.25) is 0 Å². The van der Waals surface area contributed by atoms with Gasteiger partial charge in [0.1, 0.15) is 5.75 Å². The second-order valence-corrected chi connectivity index (χ2v) is 3.07. The Hall–Kier alpha value is -1.35. The molecule has 0 aliphatic rings. The minimum Gasteiger partial charge on any atom is -0.496 e. The van der Waals surface area contributed by atoms with Crippen molar-refractivity contribution in [3.63, 3.8) is 0 Å². The molecule has 0 spiro atoms. The van der Waals surface area contributed by atoms with Crippen molar-refractivity contribution in [2.45, 2.75) is 13.0 Å². The number of carbonyl (C=O) groups excluding carboxylic acids is 1. The summed E-state index contributed by atoms with van der Waals surface area (Å²) in [7, 11) is 3.37. The van der Waals surface area contributed by atoms with Crippen LogP contribution in [0.5, 0.6) is 5.75 Å². The molecule has 0 saturated carbocycles. The van der Waals surface area contributed by atoms with Gasteiger partial charge in [0, 0.05) is 5.56 Å². The number of benzene rings is 1. The quantitative estimate of drug-likeness (QED) is 0.788. The van der Waals surface area contributed by atoms with Crippen LogP contribution in [0.3, 0.4) is 0 Å². The van der Waals surface area contributed by atoms with E-state index in [1.807, 2.05) is 24.3 Å². The van der Waals surface area contributed by atoms with E-state index in [0.717, 1.165) is 11.3 Å². The van der Waals surface area contributed by atoms with Crippen LogP contribution in [0, 0.1) is 0 Å². The van der Waals surface area contributed by atoms with E-state index in [1.54, 1.807) is 21.1 Å². The van der Waals surface area contributed by atoms with Crippen LogP contribution in [0.15, 0.2) is 24.3 Å². The summed E-state index contributed by atoms with van der Waals surface area (Å²) in [5.74, 6) is 0.819. The maximum absolute atomic E-state index is 11.3. The average Bonchev–Trinajstić information content (AvgIpc) is 2.19. The molecule has 1 N–H and O–H groups in total. The van der Waals surface area contributed by atoms with Gasteiger partial charge in [-0.1, -0.05) is 18.2 Å². The highest BCUT2D eigenvalue weighted by atomic mass is 16.5. The monoisotopic (exact) mass is 193 g/mol. The topological polar surface area (TPSA) is 38.3 Å². The molecule has 0 amide bonds. The van der Waals surface area contributed by atoms with Crippen molar-refractivity contribution in [3.05, 3.63) is 29.8 Å². The molecule has 3 nitrogen and oxygen atoms in total. The number of likely N-dealkylation sites (N-methyl/N-ethyl adjacent to an activating group) is 1. The minimum atomic E-state index is -0.286. The lowest BCUT2D eigenvalue weighted by molar-refractivity contribution is -0.119. The first-order chi connectivity index (χ1) is 6.70. The van der Waals surface area contributed by atoms with Gasteiger partial charge in [-0.2, -0.15) is 0 Å². The van der Waals surface area contributed by atoms with Crippen LogP contribution < -0.4 is 10.1 Å². The average molecular weight is 193 g/mol. The summed E-state index contributed by atoms with van der Waals surface area (Å²) in [6.07, 6.45) is 0. The largest absolute Gasteiger partial charge is 0.496 e. The summed E-state index contributed by atoms with van der Waals surface area (Å²) >= 11 is 0. The zero-order chi connectivity index (χ0) is 10.6. The van der Waals surface area contributed by atoms with Crippen molar-refractivity contribution in [3.8, 4) is 5.75 Å². The highest BCUT2D eigenvalue weighted by Gasteiger charge is 2.17. The number of hydrogen-bond donors (Lipinski definition) is 1. The molecule has 0 aromatic heterocycles. The molecular formula is C11H15NO2. The predicted octanol–water partition coefficient (Wildman–Crippen LogP) is 1.54. The lowest BCUT2D eigenvalue weighted by Gasteiger charge is -2.16. The second-order valence-electron chi connectivity index (χ2n) is 3.07. The van der Waals surface area contributed by atoms with Gasteiger partial charge in [-0.25, -0.2) is 0 Å². The Morgan fingerprint density at radius 1 is 1.43 bits per heavy atom. The Balaban J connectivity index is 3.08. The van der Waals surface area contributed by atoms with Crippen molar-refractivity contribution in [1.29, 1.82) is 0 Å². The van der Waals surface area contributed by atoms with E-state index in [-0.39, 0.29) is 11.8 Å². The number of ketones is 1. The molecule has 3 heteroatoms. The summed E-state index contributed by atoms with van der Waals surface area (Å²) < 4.78 is 5.19. The van der Waals surface area contributed by atoms with Crippen molar-refractivity contribution in [2.75, 3.05) is 14.2 Å². The molecule has 0 heterocycles. The van der Waals surface area contributed by atoms with Crippen LogP contribution in [0.25, 0.3) is 0 Å². The molecule has 0 aliphatic carbocycles. The molecule has 1 aromatic rings. The van der Waals surface area contributed by atoms with Crippen molar-refractivity contribution in [2.24, 2.45) is 0 Å². The zero-order valence-corrected chi connectivity index (χ0v) is 8.70. The smallest absolute Gasteiger partial charge is 0.151 e. The fourth-order valence-corrected chi connectivity index (χ4v) is 1.48. The number of hydrogen-bond acceptors (Lipinski definition) is 3. The predicted molar refractivity (Wildman–Crippen MR) is 55.5 cm³/mol. The highest BCUT2D eigenvalue weighted by molar-refractivity contribution is 5.83. The molecule has 1 unspecified atom stereocenters. The summed E-state index contributed by atoms with van der Waals surface area (Å²) in [6.45, 7) is 1.56. The van der Waals surface area contributed by atoms with E-state index in [4.69, 9.17) is 4.74 Å². The number of rotatable bonds is 4. The Labute approximate surface area is 84.1 Å². The summed E-state index contributed by atoms with van der Waals surface area (Å²) in [5, 5.41) is 2.96. The first kappa shape index (κ1) is 10.7. The van der Waals surface area contributed by atoms with E-state index in [1.165, 1.54) is 0 Å². The van der Waals surface area contributed by atoms with Gasteiger partial charge in [0.2, 0.25) is 0 Å². The Morgan fingerprint density at radius 2 is 2.07 bits per heavy atom. The molecule has 0 aliphatic heterocycles. The van der Waals surface area contributed by atoms with Gasteiger partial charge in [-0.05, 0) is 20.0 Å². The number of nitrogens with one attached hydrogen (secondary N) is 1. The third kappa shape index (κ3) is 2.12. The Bertz CT molecular complexity index is 323. The molecule has 1 aromatic carbocycles. The second kappa shape index (κ2) is 4.77. The number of para-hydroxylation sites is 1. The van der Waals surface area contributed by atoms with Gasteiger partial charge in [-0.15, -0.1) is 0 Å². The lowest BCUT2D eigenvalue weighted by Crippen LogP contribution is -2.23. The van der Waals surface area contributed by atoms with Crippen LogP contribution in [-0.4, -0.2) is 19.9 Å². The third-order valence-corrected chi connectivity index (χ3v) is 2.15. The van der Waals surface area contributed by atoms with Crippen molar-refractivity contribution in [1.82, 2.24) is 5.32 Å². The zero-order valence-electron chi connectivity index (χ0n) is 8.70. The van der Waals surface area contributed by atoms with E-state index < -0.39 is 0 Å². The van der Waals surface area contributed by atoms with E-state index in [0.29, 0.717) is 0 Å². The molecule has 1 atom stereocenters. The fourth-order valence-electron chi connectivity index (χ4n) is 1.48. The van der Waals surface area contributed by atoms with Crippen LogP contribution >= 0.6 is 0 Å². The molecular weight excluding hydrogens is 178 g/mol. The van der Waals surface area contributed by atoms with E-state index in [9.17, 15) is 4.79 Å². The van der Waals surface area contributed by atoms with Gasteiger partial charge in [-0.3, -0.25) is 4.79 Å². The normalized spacial score (nSPS) is 12.2. The maximum atomic E-state index is 11.3. The van der Waals surface area contributed by atoms with Crippen molar-refractivity contribution >= 4 is 5.78 Å². The molecule has 0 fully saturated rings. The standard InChI is InChI=1S/C11H15NO2/c1-8(13)11(12-2)9-6-4-5-7-10(9)14-3/h4-7,11-12H,1-3H3. The van der Waals surface area contributed by atoms with Crippen LogP contribution in [0.1, 0.15) is 18.5 Å². The van der Waals surface area contributed by atoms with Crippen LogP contribution in [0.4, 0.5) is 0 Å². The Kier molecular flexibility index (Phi) is 3.65. The number of ether oxygens (including phenoxy) is 1. The molecule has 0 bridgehead atoms. The molecule has 76 valence electrons. The molecule has 0 saturated heterocycles. The van der Waals surface area contributed by atoms with E-state index >= 15 is 0 Å². The van der Waals surface area contributed by atoms with E-state index in [2.05, 4.69) is 5.32 Å². The fraction of sp³-hybridized carbons (Fsp3) is 0.364. The SMILES string of the molecule is CNC(C(C)=O)c1ccccc1OC. The number of Topliss-reactive ketones (excluding diaryl/α,β-unsaturated/α-hetero) is 1. The first-order valence-corrected chi connectivity index (χ1v) is 4.51. The van der Waals surface area contributed by atoms with Crippen molar-refractivity contribution < 1.29 is 9.53 Å². The molecule has 1 rings (SSSR count). The van der Waals surface area contributed by atoms with Gasteiger partial charge < -0.3 is 10.1 Å². The number of carbonyl (C=O) groups is 1. The highest BCUT2D eigenvalue weighted by Crippen LogP contribution is 2.24. The first-order valence-electron chi connectivity index (χ1n) is 4.51. The van der Waals surface area contributed by atoms with Gasteiger partial charge in [0.05, 0.1) is 13.2 Å². The summed E-state index contributed by atoms with van der Waals surface area (Å²) in [5.41, 5.74) is 0.880. The summed E-state index contributed by atoms with van der Waals surface area (Å²) in [6, 6.07) is 7.23. The lowest BCUT2D eigenvalue weighted by atomic mass is 10.0. The molecule has 0 radical (unpaired) electrons. The van der Waals surface area contributed by atoms with Gasteiger partial charge in [0.15, 0.2) is 5.78 Å². The van der Waals surface area contributed by atoms with Crippen LogP contribution in [-0.2, 0) is 4.79 Å².